The van der Waals surface area contributed by atoms with E-state index in [1.165, 1.54) is 6.42 Å². The largest absolute Gasteiger partial charge is 0.507 e. The summed E-state index contributed by atoms with van der Waals surface area (Å²) in [7, 11) is 3.74. The maximum absolute atomic E-state index is 14.0. The van der Waals surface area contributed by atoms with Gasteiger partial charge in [-0.15, -0.1) is 0 Å². The van der Waals surface area contributed by atoms with Gasteiger partial charge in [0.05, 0.1) is 10.7 Å². The van der Waals surface area contributed by atoms with Crippen LogP contribution in [0.4, 0.5) is 4.79 Å². The summed E-state index contributed by atoms with van der Waals surface area (Å²) in [6.07, 6.45) is 2.49. The van der Waals surface area contributed by atoms with Crippen LogP contribution in [0.5, 0.6) is 5.75 Å². The van der Waals surface area contributed by atoms with E-state index in [2.05, 4.69) is 5.32 Å². The van der Waals surface area contributed by atoms with Gasteiger partial charge < -0.3 is 29.9 Å². The number of nitrogens with one attached hydrogen (secondary N) is 1. The van der Waals surface area contributed by atoms with Crippen LogP contribution in [-0.4, -0.2) is 71.2 Å². The van der Waals surface area contributed by atoms with Gasteiger partial charge in [-0.1, -0.05) is 41.9 Å². The minimum atomic E-state index is -1.38. The molecule has 4 aliphatic carbocycles. The van der Waals surface area contributed by atoms with Gasteiger partial charge in [0.1, 0.15) is 24.2 Å². The predicted octanol–water partition coefficient (Wildman–Crippen LogP) is 6.26. The molecule has 4 saturated carbocycles. The van der Waals surface area contributed by atoms with Crippen molar-refractivity contribution in [1.82, 2.24) is 15.2 Å². The molecule has 1 amide bonds. The van der Waals surface area contributed by atoms with Gasteiger partial charge >= 0.3 is 6.16 Å². The molecule has 0 unspecified atom stereocenters. The molecule has 1 aromatic heterocycles. The Morgan fingerprint density at radius 1 is 1.02 bits per heavy atom. The molecular formula is C35H40ClN3O6. The first-order valence-electron chi connectivity index (χ1n) is 15.6. The standard InChI is InChI=1S/C35H40ClN3O6/c1-20-6-4-5-7-27(20)28-9-11-30(37-32(28)23-8-10-29(36)31(17-23)44-19-26(40)18-39(2)3)33(41)38-35(45-34(42)43)24-13-21-12-22(15-24)16-25(35)14-21/h4-11,17,21-22,24-26,40H,12-16,18-19H2,1-3H3,(H,38,41)(H,42,43)/t21?,22?,24?,25?,26-,35?/m0/s1. The fourth-order valence-electron chi connectivity index (χ4n) is 7.99. The number of nitrogens with zero attached hydrogens (tertiary/aromatic N) is 2. The summed E-state index contributed by atoms with van der Waals surface area (Å²) in [5.74, 6) is 0.911. The number of aryl methyl sites for hydroxylation is 1. The maximum atomic E-state index is 14.0. The molecule has 4 aliphatic rings. The van der Waals surface area contributed by atoms with Crippen molar-refractivity contribution in [3.63, 3.8) is 0 Å². The highest BCUT2D eigenvalue weighted by atomic mass is 35.5. The lowest BCUT2D eigenvalue weighted by Crippen LogP contribution is -2.68. The quantitative estimate of drug-likeness (QED) is 0.177. The third-order valence-corrected chi connectivity index (χ3v) is 10.0. The van der Waals surface area contributed by atoms with Gasteiger partial charge in [-0.05, 0) is 100 Å². The van der Waals surface area contributed by atoms with Crippen molar-refractivity contribution in [2.24, 2.45) is 23.7 Å². The van der Waals surface area contributed by atoms with Gasteiger partial charge in [0, 0.05) is 29.5 Å². The van der Waals surface area contributed by atoms with Crippen LogP contribution in [0.15, 0.2) is 54.6 Å². The Labute approximate surface area is 268 Å². The van der Waals surface area contributed by atoms with E-state index in [0.717, 1.165) is 42.4 Å². The number of carbonyl (C=O) groups is 2. The van der Waals surface area contributed by atoms with Gasteiger partial charge in [0.2, 0.25) is 0 Å². The first kappa shape index (κ1) is 31.3. The summed E-state index contributed by atoms with van der Waals surface area (Å²) in [6, 6.07) is 16.8. The van der Waals surface area contributed by atoms with Gasteiger partial charge in [-0.2, -0.15) is 0 Å². The molecule has 1 heterocycles. The second-order valence-corrected chi connectivity index (χ2v) is 13.6. The number of carbonyl (C=O) groups excluding carboxylic acids is 1. The number of aliphatic hydroxyl groups is 1. The monoisotopic (exact) mass is 633 g/mol. The lowest BCUT2D eigenvalue weighted by molar-refractivity contribution is -0.191. The number of aliphatic hydroxyl groups excluding tert-OH is 1. The summed E-state index contributed by atoms with van der Waals surface area (Å²) in [5.41, 5.74) is 2.93. The lowest BCUT2D eigenvalue weighted by atomic mass is 9.52. The summed E-state index contributed by atoms with van der Waals surface area (Å²) >= 11 is 6.50. The smallest absolute Gasteiger partial charge is 0.489 e. The molecule has 9 nitrogen and oxygen atoms in total. The van der Waals surface area contributed by atoms with Gasteiger partial charge in [0.15, 0.2) is 5.72 Å². The number of halogens is 1. The molecule has 4 bridgehead atoms. The summed E-state index contributed by atoms with van der Waals surface area (Å²) in [5, 5.41) is 23.6. The molecule has 2 aromatic carbocycles. The minimum Gasteiger partial charge on any atom is -0.489 e. The first-order chi connectivity index (χ1) is 21.5. The number of likely N-dealkylation sites (N-methyl/N-ethyl adjacent to an activating group) is 1. The summed E-state index contributed by atoms with van der Waals surface area (Å²) in [4.78, 5) is 32.7. The third kappa shape index (κ3) is 6.39. The molecule has 10 heteroatoms. The van der Waals surface area contributed by atoms with E-state index in [1.807, 2.05) is 62.3 Å². The van der Waals surface area contributed by atoms with Gasteiger partial charge in [-0.3, -0.25) is 4.79 Å². The van der Waals surface area contributed by atoms with E-state index < -0.39 is 23.9 Å². The second-order valence-electron chi connectivity index (χ2n) is 13.2. The van der Waals surface area contributed by atoms with Crippen LogP contribution in [-0.2, 0) is 4.74 Å². The topological polar surface area (TPSA) is 121 Å². The maximum Gasteiger partial charge on any atom is 0.507 e. The van der Waals surface area contributed by atoms with Crippen LogP contribution >= 0.6 is 11.6 Å². The Balaban J connectivity index is 1.36. The van der Waals surface area contributed by atoms with E-state index >= 15 is 0 Å². The molecule has 45 heavy (non-hydrogen) atoms. The molecule has 1 atom stereocenters. The van der Waals surface area contributed by atoms with E-state index in [-0.39, 0.29) is 24.1 Å². The first-order valence-corrected chi connectivity index (χ1v) is 16.0. The average molecular weight is 634 g/mol. The van der Waals surface area contributed by atoms with E-state index in [1.54, 1.807) is 18.2 Å². The molecule has 0 radical (unpaired) electrons. The van der Waals surface area contributed by atoms with Gasteiger partial charge in [0.25, 0.3) is 5.91 Å². The Kier molecular flexibility index (Phi) is 8.78. The highest BCUT2D eigenvalue weighted by molar-refractivity contribution is 6.32. The van der Waals surface area contributed by atoms with Crippen molar-refractivity contribution in [1.29, 1.82) is 0 Å². The third-order valence-electron chi connectivity index (χ3n) is 9.69. The molecule has 0 aliphatic heterocycles. The zero-order valence-corrected chi connectivity index (χ0v) is 26.6. The van der Waals surface area contributed by atoms with Crippen LogP contribution < -0.4 is 10.1 Å². The van der Waals surface area contributed by atoms with Crippen LogP contribution in [0.1, 0.15) is 48.2 Å². The number of aromatic nitrogens is 1. The predicted molar refractivity (Wildman–Crippen MR) is 171 cm³/mol. The van der Waals surface area contributed by atoms with E-state index in [0.29, 0.717) is 40.4 Å². The Hall–Kier alpha value is -3.66. The van der Waals surface area contributed by atoms with E-state index in [4.69, 9.17) is 26.1 Å². The number of benzene rings is 2. The van der Waals surface area contributed by atoms with Crippen LogP contribution in [0, 0.1) is 30.6 Å². The van der Waals surface area contributed by atoms with Crippen molar-refractivity contribution in [2.75, 3.05) is 27.2 Å². The number of hydrogen-bond donors (Lipinski definition) is 3. The summed E-state index contributed by atoms with van der Waals surface area (Å²) in [6.45, 7) is 2.50. The Morgan fingerprint density at radius 3 is 2.36 bits per heavy atom. The zero-order chi connectivity index (χ0) is 31.9. The van der Waals surface area contributed by atoms with Crippen molar-refractivity contribution in [3.8, 4) is 28.1 Å². The molecular weight excluding hydrogens is 594 g/mol. The average Bonchev–Trinajstić information content (AvgIpc) is 2.98. The molecule has 7 rings (SSSR count). The van der Waals surface area contributed by atoms with Gasteiger partial charge in [-0.25, -0.2) is 9.78 Å². The van der Waals surface area contributed by atoms with E-state index in [9.17, 15) is 19.8 Å². The zero-order valence-electron chi connectivity index (χ0n) is 25.8. The Bertz CT molecular complexity index is 1570. The molecule has 0 spiro atoms. The van der Waals surface area contributed by atoms with Crippen LogP contribution in [0.25, 0.3) is 22.4 Å². The fraction of sp³-hybridized carbons (Fsp3) is 0.457. The highest BCUT2D eigenvalue weighted by Gasteiger charge is 2.60. The lowest BCUT2D eigenvalue weighted by Gasteiger charge is -2.59. The van der Waals surface area contributed by atoms with Crippen molar-refractivity contribution in [3.05, 3.63) is 70.9 Å². The number of carboxylic acid groups (broad SMARTS) is 1. The number of ether oxygens (including phenoxy) is 2. The minimum absolute atomic E-state index is 0.0532. The van der Waals surface area contributed by atoms with Crippen molar-refractivity contribution in [2.45, 2.75) is 50.9 Å². The molecule has 3 aromatic rings. The number of pyridine rings is 1. The van der Waals surface area contributed by atoms with Crippen LogP contribution in [0.2, 0.25) is 5.02 Å². The number of hydrogen-bond acceptors (Lipinski definition) is 7. The highest BCUT2D eigenvalue weighted by Crippen LogP contribution is 2.58. The molecule has 0 saturated heterocycles. The SMILES string of the molecule is Cc1ccccc1-c1ccc(C(=O)NC2(OC(=O)O)C3CC4CC(C3)CC2C4)nc1-c1ccc(Cl)c(OC[C@@H](O)CN(C)C)c1. The Morgan fingerprint density at radius 2 is 1.71 bits per heavy atom. The second kappa shape index (κ2) is 12.6. The fourth-order valence-corrected chi connectivity index (χ4v) is 8.16. The molecule has 4 fully saturated rings. The number of amides is 1. The summed E-state index contributed by atoms with van der Waals surface area (Å²) < 4.78 is 11.6. The van der Waals surface area contributed by atoms with Crippen molar-refractivity contribution < 1.29 is 29.3 Å². The molecule has 3 N–H and O–H groups in total. The normalized spacial score (nSPS) is 25.6. The molecule has 238 valence electrons. The van der Waals surface area contributed by atoms with Crippen molar-refractivity contribution >= 4 is 23.7 Å². The van der Waals surface area contributed by atoms with Crippen LogP contribution in [0.3, 0.4) is 0 Å². The number of rotatable bonds is 10.